The summed E-state index contributed by atoms with van der Waals surface area (Å²) in [6, 6.07) is 7.45. The van der Waals surface area contributed by atoms with Crippen LogP contribution < -0.4 is 11.3 Å². The first-order valence-corrected chi connectivity index (χ1v) is 6.78. The first-order valence-electron chi connectivity index (χ1n) is 6.78. The molecule has 1 unspecified atom stereocenters. The molecule has 3 rings (SSSR count). The highest BCUT2D eigenvalue weighted by molar-refractivity contribution is 5.35. The first-order chi connectivity index (χ1) is 8.21. The lowest BCUT2D eigenvalue weighted by atomic mass is 9.92. The van der Waals surface area contributed by atoms with E-state index in [4.69, 9.17) is 5.84 Å². The van der Waals surface area contributed by atoms with Crippen LogP contribution in [0.1, 0.15) is 42.9 Å². The quantitative estimate of drug-likeness (QED) is 0.615. The highest BCUT2D eigenvalue weighted by Crippen LogP contribution is 2.48. The van der Waals surface area contributed by atoms with Crippen molar-refractivity contribution in [2.24, 2.45) is 11.3 Å². The second kappa shape index (κ2) is 4.11. The van der Waals surface area contributed by atoms with Crippen LogP contribution in [0.5, 0.6) is 0 Å². The molecule has 2 aliphatic rings. The van der Waals surface area contributed by atoms with Crippen LogP contribution in [0.25, 0.3) is 0 Å². The zero-order valence-corrected chi connectivity index (χ0v) is 10.6. The maximum absolute atomic E-state index is 5.71. The van der Waals surface area contributed by atoms with Gasteiger partial charge in [-0.3, -0.25) is 11.3 Å². The van der Waals surface area contributed by atoms with E-state index in [1.807, 2.05) is 0 Å². The molecule has 3 N–H and O–H groups in total. The van der Waals surface area contributed by atoms with Crippen LogP contribution in [-0.2, 0) is 19.3 Å². The Morgan fingerprint density at radius 3 is 2.76 bits per heavy atom. The molecule has 0 aromatic heterocycles. The number of nitrogens with two attached hydrogens (primary N) is 1. The number of fused-ring (bicyclic) bond motifs is 1. The van der Waals surface area contributed by atoms with E-state index >= 15 is 0 Å². The van der Waals surface area contributed by atoms with Gasteiger partial charge in [0, 0.05) is 6.04 Å². The monoisotopic (exact) mass is 230 g/mol. The number of hydrazine groups is 1. The van der Waals surface area contributed by atoms with Crippen molar-refractivity contribution >= 4 is 0 Å². The van der Waals surface area contributed by atoms with Gasteiger partial charge in [0.2, 0.25) is 0 Å². The normalized spacial score (nSPS) is 22.2. The smallest absolute Gasteiger partial charge is 0.0304 e. The fraction of sp³-hybridized carbons (Fsp3) is 0.600. The van der Waals surface area contributed by atoms with Crippen LogP contribution in [0, 0.1) is 5.41 Å². The molecule has 17 heavy (non-hydrogen) atoms. The van der Waals surface area contributed by atoms with Gasteiger partial charge in [0.1, 0.15) is 0 Å². The van der Waals surface area contributed by atoms with Crippen molar-refractivity contribution in [1.82, 2.24) is 5.43 Å². The molecule has 0 amide bonds. The van der Waals surface area contributed by atoms with Crippen molar-refractivity contribution in [3.63, 3.8) is 0 Å². The van der Waals surface area contributed by atoms with Crippen molar-refractivity contribution in [3.05, 3.63) is 34.9 Å². The van der Waals surface area contributed by atoms with Gasteiger partial charge < -0.3 is 0 Å². The predicted molar refractivity (Wildman–Crippen MR) is 70.6 cm³/mol. The lowest BCUT2D eigenvalue weighted by molar-refractivity contribution is 0.359. The van der Waals surface area contributed by atoms with Gasteiger partial charge in [0.25, 0.3) is 0 Å². The average molecular weight is 230 g/mol. The fourth-order valence-electron chi connectivity index (χ4n) is 3.04. The van der Waals surface area contributed by atoms with Crippen molar-refractivity contribution in [1.29, 1.82) is 0 Å². The summed E-state index contributed by atoms with van der Waals surface area (Å²) in [4.78, 5) is 0. The highest BCUT2D eigenvalue weighted by Gasteiger charge is 2.44. The van der Waals surface area contributed by atoms with E-state index < -0.39 is 0 Å². The molecule has 2 nitrogen and oxygen atoms in total. The summed E-state index contributed by atoms with van der Waals surface area (Å²) in [6.45, 7) is 2.34. The summed E-state index contributed by atoms with van der Waals surface area (Å²) >= 11 is 0. The van der Waals surface area contributed by atoms with Crippen LogP contribution in [0.3, 0.4) is 0 Å². The topological polar surface area (TPSA) is 38.0 Å². The molecular formula is C15H22N2. The molecule has 0 heterocycles. The average Bonchev–Trinajstić information content (AvgIpc) is 2.92. The molecule has 2 aliphatic carbocycles. The Morgan fingerprint density at radius 1 is 1.29 bits per heavy atom. The van der Waals surface area contributed by atoms with Gasteiger partial charge in [-0.1, -0.05) is 25.1 Å². The van der Waals surface area contributed by atoms with Crippen LogP contribution in [0.2, 0.25) is 0 Å². The number of nitrogens with one attached hydrogen (secondary N) is 1. The third-order valence-corrected chi connectivity index (χ3v) is 4.68. The van der Waals surface area contributed by atoms with Gasteiger partial charge in [-0.25, -0.2) is 0 Å². The molecule has 0 spiro atoms. The van der Waals surface area contributed by atoms with Crippen LogP contribution in [0.4, 0.5) is 0 Å². The third kappa shape index (κ3) is 2.12. The van der Waals surface area contributed by atoms with Gasteiger partial charge in [-0.05, 0) is 60.6 Å². The molecule has 0 radical (unpaired) electrons. The standard InChI is InChI=1S/C15H22N2/c1-15(7-8-15)14(17-16)10-11-5-6-12-3-2-4-13(12)9-11/h5-6,9,14,17H,2-4,7-8,10,16H2,1H3. The van der Waals surface area contributed by atoms with Gasteiger partial charge in [-0.15, -0.1) is 0 Å². The van der Waals surface area contributed by atoms with E-state index in [0.29, 0.717) is 11.5 Å². The highest BCUT2D eigenvalue weighted by atomic mass is 15.2. The fourth-order valence-corrected chi connectivity index (χ4v) is 3.04. The summed E-state index contributed by atoms with van der Waals surface area (Å²) in [5, 5.41) is 0. The van der Waals surface area contributed by atoms with Gasteiger partial charge in [0.15, 0.2) is 0 Å². The molecule has 0 saturated heterocycles. The number of hydrogen-bond donors (Lipinski definition) is 2. The molecule has 1 atom stereocenters. The Balaban J connectivity index is 1.76. The summed E-state index contributed by atoms with van der Waals surface area (Å²) < 4.78 is 0. The minimum atomic E-state index is 0.432. The summed E-state index contributed by atoms with van der Waals surface area (Å²) in [7, 11) is 0. The molecule has 0 aliphatic heterocycles. The minimum Gasteiger partial charge on any atom is -0.271 e. The Morgan fingerprint density at radius 2 is 2.06 bits per heavy atom. The minimum absolute atomic E-state index is 0.432. The zero-order valence-electron chi connectivity index (χ0n) is 10.6. The Hall–Kier alpha value is -0.860. The van der Waals surface area contributed by atoms with E-state index in [1.54, 1.807) is 11.1 Å². The van der Waals surface area contributed by atoms with Crippen molar-refractivity contribution in [3.8, 4) is 0 Å². The number of hydrogen-bond acceptors (Lipinski definition) is 2. The van der Waals surface area contributed by atoms with Gasteiger partial charge >= 0.3 is 0 Å². The molecule has 1 fully saturated rings. The van der Waals surface area contributed by atoms with Crippen LogP contribution in [-0.4, -0.2) is 6.04 Å². The lowest BCUT2D eigenvalue weighted by Crippen LogP contribution is -2.42. The molecule has 1 saturated carbocycles. The van der Waals surface area contributed by atoms with Gasteiger partial charge in [-0.2, -0.15) is 0 Å². The Labute approximate surface area is 104 Å². The number of aryl methyl sites for hydroxylation is 2. The third-order valence-electron chi connectivity index (χ3n) is 4.68. The van der Waals surface area contributed by atoms with E-state index in [0.717, 1.165) is 6.42 Å². The Kier molecular flexibility index (Phi) is 2.72. The second-order valence-electron chi connectivity index (χ2n) is 6.03. The maximum atomic E-state index is 5.71. The second-order valence-corrected chi connectivity index (χ2v) is 6.03. The van der Waals surface area contributed by atoms with Crippen LogP contribution in [0.15, 0.2) is 18.2 Å². The van der Waals surface area contributed by atoms with E-state index in [-0.39, 0.29) is 0 Å². The Bertz CT molecular complexity index is 421. The molecule has 2 heteroatoms. The van der Waals surface area contributed by atoms with Crippen LogP contribution >= 0.6 is 0 Å². The van der Waals surface area contributed by atoms with E-state index in [2.05, 4.69) is 30.5 Å². The number of rotatable bonds is 4. The molecular weight excluding hydrogens is 208 g/mol. The molecule has 92 valence electrons. The molecule has 1 aromatic rings. The maximum Gasteiger partial charge on any atom is 0.0304 e. The largest absolute Gasteiger partial charge is 0.271 e. The predicted octanol–water partition coefficient (Wildman–Crippen LogP) is 2.35. The SMILES string of the molecule is CC1(C(Cc2ccc3c(c2)CCC3)NN)CC1. The first kappa shape index (κ1) is 11.2. The van der Waals surface area contributed by atoms with E-state index in [9.17, 15) is 0 Å². The summed E-state index contributed by atoms with van der Waals surface area (Å²) in [5.41, 5.74) is 8.03. The van der Waals surface area contributed by atoms with Crippen molar-refractivity contribution in [2.75, 3.05) is 0 Å². The summed E-state index contributed by atoms with van der Waals surface area (Å²) in [6.07, 6.45) is 7.56. The van der Waals surface area contributed by atoms with Crippen molar-refractivity contribution < 1.29 is 0 Å². The summed E-state index contributed by atoms with van der Waals surface area (Å²) in [5.74, 6) is 5.71. The van der Waals surface area contributed by atoms with E-state index in [1.165, 1.54) is 37.7 Å². The zero-order chi connectivity index (χ0) is 11.9. The lowest BCUT2D eigenvalue weighted by Gasteiger charge is -2.23. The van der Waals surface area contributed by atoms with Gasteiger partial charge in [0.05, 0.1) is 0 Å². The molecule has 0 bridgehead atoms. The van der Waals surface area contributed by atoms with Crippen molar-refractivity contribution in [2.45, 2.75) is 51.5 Å². The molecule has 1 aromatic carbocycles. The number of benzene rings is 1.